The van der Waals surface area contributed by atoms with Crippen molar-refractivity contribution >= 4 is 17.6 Å². The van der Waals surface area contributed by atoms with Crippen LogP contribution in [0, 0.1) is 0 Å². The summed E-state index contributed by atoms with van der Waals surface area (Å²) in [5.41, 5.74) is -3.17. The maximum Gasteiger partial charge on any atom is 0.418 e. The highest BCUT2D eigenvalue weighted by atomic mass is 19.4. The van der Waals surface area contributed by atoms with E-state index in [4.69, 9.17) is 0 Å². The molecule has 0 aliphatic rings. The number of ether oxygens (including phenoxy) is 1. The van der Waals surface area contributed by atoms with Crippen molar-refractivity contribution in [3.8, 4) is 0 Å². The number of hydrogen-bond acceptors (Lipinski definition) is 3. The van der Waals surface area contributed by atoms with Gasteiger partial charge in [0.2, 0.25) is 0 Å². The summed E-state index contributed by atoms with van der Waals surface area (Å²) in [6.07, 6.45) is -9.38. The summed E-state index contributed by atoms with van der Waals surface area (Å²) in [4.78, 5) is 23.5. The minimum atomic E-state index is -4.71. The average molecular weight is 391 g/mol. The summed E-state index contributed by atoms with van der Waals surface area (Å²) in [7, 11) is 0. The third-order valence-electron chi connectivity index (χ3n) is 3.27. The molecule has 0 atom stereocenters. The number of benzene rings is 2. The number of amides is 1. The maximum atomic E-state index is 12.8. The van der Waals surface area contributed by atoms with Gasteiger partial charge in [-0.05, 0) is 30.3 Å². The number of para-hydroxylation sites is 1. The van der Waals surface area contributed by atoms with Crippen molar-refractivity contribution in [1.82, 2.24) is 0 Å². The molecule has 0 bridgehead atoms. The predicted octanol–water partition coefficient (Wildman–Crippen LogP) is 4.52. The first-order chi connectivity index (χ1) is 12.5. The molecule has 0 heterocycles. The fraction of sp³-hybridized carbons (Fsp3) is 0.176. The van der Waals surface area contributed by atoms with Gasteiger partial charge in [-0.1, -0.05) is 18.2 Å². The third-order valence-corrected chi connectivity index (χ3v) is 3.27. The number of nitrogens with one attached hydrogen (secondary N) is 1. The van der Waals surface area contributed by atoms with E-state index in [0.717, 1.165) is 36.4 Å². The Bertz CT molecular complexity index is 845. The molecule has 10 heteroatoms. The highest BCUT2D eigenvalue weighted by molar-refractivity contribution is 5.96. The first kappa shape index (κ1) is 20.3. The lowest BCUT2D eigenvalue weighted by Gasteiger charge is -2.13. The second kappa shape index (κ2) is 7.68. The first-order valence-electron chi connectivity index (χ1n) is 7.29. The third kappa shape index (κ3) is 5.47. The Kier molecular flexibility index (Phi) is 5.77. The zero-order valence-corrected chi connectivity index (χ0v) is 13.3. The van der Waals surface area contributed by atoms with Crippen LogP contribution in [0.1, 0.15) is 21.5 Å². The van der Waals surface area contributed by atoms with Crippen molar-refractivity contribution in [3.05, 3.63) is 65.2 Å². The Balaban J connectivity index is 2.02. The summed E-state index contributed by atoms with van der Waals surface area (Å²) < 4.78 is 80.9. The van der Waals surface area contributed by atoms with Gasteiger partial charge in [-0.2, -0.15) is 26.3 Å². The van der Waals surface area contributed by atoms with Crippen molar-refractivity contribution in [2.45, 2.75) is 12.4 Å². The van der Waals surface area contributed by atoms with Crippen LogP contribution in [0.4, 0.5) is 32.0 Å². The highest BCUT2D eigenvalue weighted by Gasteiger charge is 2.34. The van der Waals surface area contributed by atoms with E-state index in [0.29, 0.717) is 6.07 Å². The molecule has 0 fully saturated rings. The molecule has 2 aromatic carbocycles. The number of anilines is 1. The summed E-state index contributed by atoms with van der Waals surface area (Å²) in [5.74, 6) is -2.30. The summed E-state index contributed by atoms with van der Waals surface area (Å²) >= 11 is 0. The molecule has 27 heavy (non-hydrogen) atoms. The molecule has 0 saturated heterocycles. The lowest BCUT2D eigenvalue weighted by molar-refractivity contribution is -0.138. The van der Waals surface area contributed by atoms with Crippen LogP contribution in [-0.4, -0.2) is 18.5 Å². The lowest BCUT2D eigenvalue weighted by Crippen LogP contribution is -2.23. The van der Waals surface area contributed by atoms with Gasteiger partial charge in [-0.15, -0.1) is 0 Å². The van der Waals surface area contributed by atoms with E-state index in [2.05, 4.69) is 4.74 Å². The van der Waals surface area contributed by atoms with Gasteiger partial charge in [-0.3, -0.25) is 4.79 Å². The fourth-order valence-electron chi connectivity index (χ4n) is 2.06. The number of carbonyl (C=O) groups excluding carboxylic acids is 2. The van der Waals surface area contributed by atoms with Crippen LogP contribution in [0.2, 0.25) is 0 Å². The minimum absolute atomic E-state index is 0.451. The van der Waals surface area contributed by atoms with Gasteiger partial charge >= 0.3 is 18.3 Å². The zero-order valence-electron chi connectivity index (χ0n) is 13.3. The van der Waals surface area contributed by atoms with Gasteiger partial charge in [0.25, 0.3) is 5.91 Å². The lowest BCUT2D eigenvalue weighted by atomic mass is 10.1. The van der Waals surface area contributed by atoms with Crippen molar-refractivity contribution in [2.24, 2.45) is 0 Å². The maximum absolute atomic E-state index is 12.8. The molecule has 0 unspecified atom stereocenters. The van der Waals surface area contributed by atoms with Gasteiger partial charge in [-0.25, -0.2) is 4.79 Å². The predicted molar refractivity (Wildman–Crippen MR) is 81.8 cm³/mol. The largest absolute Gasteiger partial charge is 0.452 e. The first-order valence-corrected chi connectivity index (χ1v) is 7.29. The molecule has 0 aromatic heterocycles. The van der Waals surface area contributed by atoms with Gasteiger partial charge in [0.15, 0.2) is 6.61 Å². The number of carbonyl (C=O) groups is 2. The molecule has 1 N–H and O–H groups in total. The molecule has 2 rings (SSSR count). The summed E-state index contributed by atoms with van der Waals surface area (Å²) in [5, 5.41) is 1.94. The Morgan fingerprint density at radius 2 is 1.56 bits per heavy atom. The number of rotatable bonds is 4. The normalized spacial score (nSPS) is 11.8. The van der Waals surface area contributed by atoms with Gasteiger partial charge in [0.05, 0.1) is 22.4 Å². The Labute approximate surface area is 148 Å². The van der Waals surface area contributed by atoms with E-state index in [9.17, 15) is 35.9 Å². The van der Waals surface area contributed by atoms with Crippen LogP contribution in [0.25, 0.3) is 0 Å². The molecular formula is C17H11F6NO3. The molecule has 0 radical (unpaired) electrons. The van der Waals surface area contributed by atoms with Gasteiger partial charge < -0.3 is 10.1 Å². The van der Waals surface area contributed by atoms with Crippen molar-refractivity contribution in [3.63, 3.8) is 0 Å². The van der Waals surface area contributed by atoms with Crippen molar-refractivity contribution in [1.29, 1.82) is 0 Å². The molecule has 2 aromatic rings. The standard InChI is InChI=1S/C17H11F6NO3/c18-16(19,20)11-5-3-4-10(8-11)15(26)27-9-14(25)24-13-7-2-1-6-12(13)17(21,22)23/h1-8H,9H2,(H,24,25). The van der Waals surface area contributed by atoms with Gasteiger partial charge in [0, 0.05) is 0 Å². The van der Waals surface area contributed by atoms with Crippen LogP contribution in [-0.2, 0) is 21.9 Å². The zero-order chi connectivity index (χ0) is 20.2. The minimum Gasteiger partial charge on any atom is -0.452 e. The highest BCUT2D eigenvalue weighted by Crippen LogP contribution is 2.34. The van der Waals surface area contributed by atoms with E-state index >= 15 is 0 Å². The number of alkyl halides is 6. The number of halogens is 6. The second-order valence-corrected chi connectivity index (χ2v) is 5.25. The van der Waals surface area contributed by atoms with E-state index in [1.54, 1.807) is 0 Å². The van der Waals surface area contributed by atoms with Crippen LogP contribution < -0.4 is 5.32 Å². The molecule has 0 saturated carbocycles. The Hall–Kier alpha value is -3.04. The SMILES string of the molecule is O=C(COC(=O)c1cccc(C(F)(F)F)c1)Nc1ccccc1C(F)(F)F. The van der Waals surface area contributed by atoms with E-state index in [1.165, 1.54) is 6.07 Å². The van der Waals surface area contributed by atoms with Crippen LogP contribution in [0.3, 0.4) is 0 Å². The van der Waals surface area contributed by atoms with E-state index in [-0.39, 0.29) is 0 Å². The number of hydrogen-bond donors (Lipinski definition) is 1. The topological polar surface area (TPSA) is 55.4 Å². The molecule has 0 spiro atoms. The van der Waals surface area contributed by atoms with Crippen LogP contribution in [0.5, 0.6) is 0 Å². The van der Waals surface area contributed by atoms with E-state index < -0.39 is 53.2 Å². The van der Waals surface area contributed by atoms with Gasteiger partial charge in [0.1, 0.15) is 0 Å². The molecule has 0 aliphatic carbocycles. The molecular weight excluding hydrogens is 380 g/mol. The summed E-state index contributed by atoms with van der Waals surface area (Å²) in [6.45, 7) is -0.971. The quantitative estimate of drug-likeness (QED) is 0.616. The number of esters is 1. The molecule has 144 valence electrons. The molecule has 0 aliphatic heterocycles. The Morgan fingerprint density at radius 1 is 0.889 bits per heavy atom. The average Bonchev–Trinajstić information content (AvgIpc) is 2.58. The van der Waals surface area contributed by atoms with Crippen LogP contribution >= 0.6 is 0 Å². The smallest absolute Gasteiger partial charge is 0.418 e. The van der Waals surface area contributed by atoms with Crippen LogP contribution in [0.15, 0.2) is 48.5 Å². The molecule has 4 nitrogen and oxygen atoms in total. The summed E-state index contributed by atoms with van der Waals surface area (Å²) in [6, 6.07) is 7.48. The second-order valence-electron chi connectivity index (χ2n) is 5.25. The monoisotopic (exact) mass is 391 g/mol. The Morgan fingerprint density at radius 3 is 2.19 bits per heavy atom. The fourth-order valence-corrected chi connectivity index (χ4v) is 2.06. The van der Waals surface area contributed by atoms with Crippen molar-refractivity contribution < 1.29 is 40.7 Å². The molecule has 1 amide bonds. The van der Waals surface area contributed by atoms with E-state index in [1.807, 2.05) is 5.32 Å². The van der Waals surface area contributed by atoms with Crippen molar-refractivity contribution in [2.75, 3.05) is 11.9 Å².